The molecule has 0 saturated carbocycles. The molecule has 0 atom stereocenters. The highest BCUT2D eigenvalue weighted by atomic mass is 16.1. The van der Waals surface area contributed by atoms with Crippen LogP contribution < -0.4 is 10.6 Å². The van der Waals surface area contributed by atoms with Crippen LogP contribution in [-0.2, 0) is 17.9 Å². The van der Waals surface area contributed by atoms with Crippen LogP contribution in [-0.4, -0.2) is 76.6 Å². The number of anilines is 1. The van der Waals surface area contributed by atoms with Crippen molar-refractivity contribution in [3.05, 3.63) is 42.2 Å². The van der Waals surface area contributed by atoms with Crippen LogP contribution in [0.5, 0.6) is 0 Å². The summed E-state index contributed by atoms with van der Waals surface area (Å²) in [6.45, 7) is 7.77. The minimum atomic E-state index is 0.141. The van der Waals surface area contributed by atoms with E-state index in [0.29, 0.717) is 18.9 Å². The summed E-state index contributed by atoms with van der Waals surface area (Å²) in [5.74, 6) is 0.796. The molecule has 2 bridgehead atoms. The van der Waals surface area contributed by atoms with Gasteiger partial charge in [0, 0.05) is 82.1 Å². The highest BCUT2D eigenvalue weighted by Gasteiger charge is 2.16. The summed E-state index contributed by atoms with van der Waals surface area (Å²) < 4.78 is 2.20. The zero-order valence-corrected chi connectivity index (χ0v) is 20.1. The monoisotopic (exact) mass is 461 g/mol. The molecule has 2 aliphatic heterocycles. The van der Waals surface area contributed by atoms with Crippen molar-refractivity contribution in [1.29, 1.82) is 0 Å². The topological polar surface area (TPSA) is 78.3 Å². The van der Waals surface area contributed by atoms with Gasteiger partial charge in [0.25, 0.3) is 0 Å². The molecule has 1 saturated heterocycles. The Bertz CT molecular complexity index is 1120. The molecule has 3 aromatic rings. The highest BCUT2D eigenvalue weighted by Crippen LogP contribution is 2.30. The van der Waals surface area contributed by atoms with Crippen LogP contribution in [0.15, 0.2) is 36.7 Å². The fraction of sp³-hybridized carbons (Fsp3) is 0.500. The number of amides is 1. The number of carbonyl (C=O) groups excluding carboxylic acids is 1. The first kappa shape index (κ1) is 22.8. The lowest BCUT2D eigenvalue weighted by molar-refractivity contribution is -0.121. The molecule has 2 aliphatic rings. The van der Waals surface area contributed by atoms with E-state index in [1.54, 1.807) is 0 Å². The minimum Gasteiger partial charge on any atom is -0.356 e. The third-order valence-corrected chi connectivity index (χ3v) is 6.89. The van der Waals surface area contributed by atoms with Gasteiger partial charge in [-0.3, -0.25) is 9.69 Å². The smallest absolute Gasteiger partial charge is 0.224 e. The Kier molecular flexibility index (Phi) is 7.06. The quantitative estimate of drug-likeness (QED) is 0.625. The van der Waals surface area contributed by atoms with Gasteiger partial charge in [-0.05, 0) is 37.4 Å². The maximum Gasteiger partial charge on any atom is 0.224 e. The zero-order chi connectivity index (χ0) is 23.3. The van der Waals surface area contributed by atoms with Crippen molar-refractivity contribution in [3.63, 3.8) is 0 Å². The van der Waals surface area contributed by atoms with Gasteiger partial charge in [-0.25, -0.2) is 4.98 Å². The summed E-state index contributed by atoms with van der Waals surface area (Å²) >= 11 is 0. The Morgan fingerprint density at radius 3 is 2.56 bits per heavy atom. The van der Waals surface area contributed by atoms with Crippen LogP contribution in [0.3, 0.4) is 0 Å². The average molecular weight is 462 g/mol. The molecule has 180 valence electrons. The molecule has 0 aliphatic carbocycles. The lowest BCUT2D eigenvalue weighted by atomic mass is 10.0. The largest absolute Gasteiger partial charge is 0.356 e. The summed E-state index contributed by atoms with van der Waals surface area (Å²) in [5.41, 5.74) is 4.63. The molecule has 0 radical (unpaired) electrons. The molecule has 8 heteroatoms. The number of aromatic nitrogens is 3. The lowest BCUT2D eigenvalue weighted by Crippen LogP contribution is -2.43. The van der Waals surface area contributed by atoms with E-state index in [-0.39, 0.29) is 5.91 Å². The number of rotatable bonds is 3. The number of piperazine rings is 1. The number of nitrogens with zero attached hydrogens (tertiary/aromatic N) is 5. The van der Waals surface area contributed by atoms with Gasteiger partial charge in [0.2, 0.25) is 11.9 Å². The Morgan fingerprint density at radius 2 is 1.74 bits per heavy atom. The molecule has 34 heavy (non-hydrogen) atoms. The maximum absolute atomic E-state index is 12.0. The minimum absolute atomic E-state index is 0.141. The van der Waals surface area contributed by atoms with Crippen LogP contribution in [0, 0.1) is 0 Å². The van der Waals surface area contributed by atoms with E-state index in [1.807, 2.05) is 6.20 Å². The maximum atomic E-state index is 12.0. The predicted octanol–water partition coefficient (Wildman–Crippen LogP) is 2.95. The number of fused-ring (bicyclic) bond motifs is 1. The van der Waals surface area contributed by atoms with E-state index in [2.05, 4.69) is 67.5 Å². The number of benzene rings is 1. The predicted molar refractivity (Wildman–Crippen MR) is 136 cm³/mol. The van der Waals surface area contributed by atoms with Crippen LogP contribution in [0.1, 0.15) is 31.2 Å². The molecule has 1 aromatic carbocycles. The second kappa shape index (κ2) is 10.5. The van der Waals surface area contributed by atoms with E-state index in [0.717, 1.165) is 81.7 Å². The van der Waals surface area contributed by atoms with Crippen molar-refractivity contribution >= 4 is 22.9 Å². The third-order valence-electron chi connectivity index (χ3n) is 6.89. The fourth-order valence-electron chi connectivity index (χ4n) is 4.78. The molecule has 2 N–H and O–H groups in total. The first-order valence-electron chi connectivity index (χ1n) is 12.5. The van der Waals surface area contributed by atoms with Crippen molar-refractivity contribution < 1.29 is 4.79 Å². The number of aryl methyl sites for hydroxylation is 1. The number of hydrogen-bond donors (Lipinski definition) is 2. The zero-order valence-electron chi connectivity index (χ0n) is 20.1. The summed E-state index contributed by atoms with van der Waals surface area (Å²) in [6, 6.07) is 8.94. The van der Waals surface area contributed by atoms with E-state index in [9.17, 15) is 4.79 Å². The Hall–Kier alpha value is -2.97. The summed E-state index contributed by atoms with van der Waals surface area (Å²) in [7, 11) is 2.19. The molecular formula is C26H35N7O. The third kappa shape index (κ3) is 5.39. The van der Waals surface area contributed by atoms with Crippen molar-refractivity contribution in [3.8, 4) is 11.1 Å². The van der Waals surface area contributed by atoms with Gasteiger partial charge in [-0.15, -0.1) is 0 Å². The van der Waals surface area contributed by atoms with Crippen molar-refractivity contribution in [2.45, 2.75) is 38.8 Å². The van der Waals surface area contributed by atoms with E-state index >= 15 is 0 Å². The Labute approximate surface area is 201 Å². The molecule has 1 fully saturated rings. The molecular weight excluding hydrogens is 426 g/mol. The van der Waals surface area contributed by atoms with Gasteiger partial charge >= 0.3 is 0 Å². The number of hydrogen-bond acceptors (Lipinski definition) is 6. The van der Waals surface area contributed by atoms with Crippen LogP contribution in [0.2, 0.25) is 0 Å². The SMILES string of the molecule is CN1CCN(Cc2ccc(-c3cn4c5nc(ncc35)NCCCCC(=O)NCCC4)cc2)CC1. The molecule has 8 nitrogen and oxygen atoms in total. The number of carbonyl (C=O) groups is 1. The molecule has 1 amide bonds. The van der Waals surface area contributed by atoms with Gasteiger partial charge in [-0.1, -0.05) is 24.3 Å². The molecule has 4 heterocycles. The molecule has 5 rings (SSSR count). The number of likely N-dealkylation sites (N-methyl/N-ethyl adjacent to an activating group) is 1. The van der Waals surface area contributed by atoms with Gasteiger partial charge in [0.15, 0.2) is 0 Å². The summed E-state index contributed by atoms with van der Waals surface area (Å²) in [4.78, 5) is 26.3. The Balaban J connectivity index is 1.38. The van der Waals surface area contributed by atoms with Gasteiger partial charge < -0.3 is 20.1 Å². The second-order valence-corrected chi connectivity index (χ2v) is 9.53. The molecule has 2 aromatic heterocycles. The van der Waals surface area contributed by atoms with E-state index < -0.39 is 0 Å². The van der Waals surface area contributed by atoms with Crippen molar-refractivity contribution in [2.24, 2.45) is 0 Å². The first-order chi connectivity index (χ1) is 16.7. The average Bonchev–Trinajstić information content (AvgIpc) is 3.21. The van der Waals surface area contributed by atoms with Gasteiger partial charge in [-0.2, -0.15) is 4.98 Å². The fourth-order valence-corrected chi connectivity index (χ4v) is 4.78. The van der Waals surface area contributed by atoms with Crippen LogP contribution in [0.25, 0.3) is 22.2 Å². The van der Waals surface area contributed by atoms with E-state index in [1.165, 1.54) is 11.1 Å². The number of nitrogens with one attached hydrogen (secondary N) is 2. The van der Waals surface area contributed by atoms with Crippen LogP contribution >= 0.6 is 0 Å². The van der Waals surface area contributed by atoms with Crippen molar-refractivity contribution in [2.75, 3.05) is 51.6 Å². The standard InChI is InChI=1S/C26H35N7O/c1-31-13-15-32(16-14-31)18-20-6-8-21(9-7-20)23-19-33-12-4-11-27-24(34)5-2-3-10-28-26-29-17-22(23)25(33)30-26/h6-9,17,19H,2-5,10-16,18H2,1H3,(H,27,34)(H,28,29,30). The molecule has 0 spiro atoms. The normalized spacial score (nSPS) is 19.0. The van der Waals surface area contributed by atoms with Crippen molar-refractivity contribution in [1.82, 2.24) is 29.7 Å². The highest BCUT2D eigenvalue weighted by molar-refractivity contribution is 5.94. The lowest BCUT2D eigenvalue weighted by Gasteiger charge is -2.32. The first-order valence-corrected chi connectivity index (χ1v) is 12.5. The Morgan fingerprint density at radius 1 is 0.941 bits per heavy atom. The van der Waals surface area contributed by atoms with Crippen LogP contribution in [0.4, 0.5) is 5.95 Å². The van der Waals surface area contributed by atoms with Gasteiger partial charge in [0.1, 0.15) is 5.65 Å². The summed E-state index contributed by atoms with van der Waals surface area (Å²) in [6.07, 6.45) is 7.36. The van der Waals surface area contributed by atoms with E-state index in [4.69, 9.17) is 4.98 Å². The van der Waals surface area contributed by atoms with Gasteiger partial charge in [0.05, 0.1) is 0 Å². The second-order valence-electron chi connectivity index (χ2n) is 9.53. The molecule has 0 unspecified atom stereocenters. The summed E-state index contributed by atoms with van der Waals surface area (Å²) in [5, 5.41) is 7.43.